The molecular formula is C20H24FN3O4S. The molecule has 0 saturated heterocycles. The minimum Gasteiger partial charge on any atom is -0.451 e. The summed E-state index contributed by atoms with van der Waals surface area (Å²) in [5, 5.41) is 3.31. The molecule has 156 valence electrons. The van der Waals surface area contributed by atoms with Crippen molar-refractivity contribution in [2.24, 2.45) is 0 Å². The van der Waals surface area contributed by atoms with Gasteiger partial charge in [0, 0.05) is 18.2 Å². The van der Waals surface area contributed by atoms with Gasteiger partial charge in [-0.1, -0.05) is 0 Å². The number of nitrogens with zero attached hydrogens (tertiary/aromatic N) is 2. The van der Waals surface area contributed by atoms with E-state index in [0.717, 1.165) is 11.3 Å². The predicted molar refractivity (Wildman–Crippen MR) is 108 cm³/mol. The Morgan fingerprint density at radius 1 is 1.21 bits per heavy atom. The molecule has 0 unspecified atom stereocenters. The minimum atomic E-state index is -0.672. The number of thiazole rings is 1. The van der Waals surface area contributed by atoms with Crippen molar-refractivity contribution in [1.82, 2.24) is 15.2 Å². The van der Waals surface area contributed by atoms with Crippen molar-refractivity contribution in [3.8, 4) is 10.6 Å². The van der Waals surface area contributed by atoms with Crippen LogP contribution < -0.4 is 5.32 Å². The maximum atomic E-state index is 13.1. The molecule has 1 heterocycles. The van der Waals surface area contributed by atoms with Crippen molar-refractivity contribution in [2.75, 3.05) is 20.2 Å². The van der Waals surface area contributed by atoms with Gasteiger partial charge in [0.2, 0.25) is 5.91 Å². The lowest BCUT2D eigenvalue weighted by Gasteiger charge is -2.23. The van der Waals surface area contributed by atoms with Crippen LogP contribution in [0.2, 0.25) is 0 Å². The second-order valence-corrected chi connectivity index (χ2v) is 8.56. The zero-order chi connectivity index (χ0) is 21.8. The summed E-state index contributed by atoms with van der Waals surface area (Å²) >= 11 is 1.11. The molecule has 0 radical (unpaired) electrons. The van der Waals surface area contributed by atoms with Crippen molar-refractivity contribution in [3.05, 3.63) is 40.7 Å². The number of ether oxygens (including phenoxy) is 1. The second kappa shape index (κ2) is 9.13. The van der Waals surface area contributed by atoms with E-state index in [2.05, 4.69) is 10.3 Å². The molecular weight excluding hydrogens is 397 g/mol. The Kier molecular flexibility index (Phi) is 7.07. The first-order valence-electron chi connectivity index (χ1n) is 8.92. The largest absolute Gasteiger partial charge is 0.451 e. The number of aryl methyl sites for hydroxylation is 1. The predicted octanol–water partition coefficient (Wildman–Crippen LogP) is 2.79. The number of carbonyl (C=O) groups is 3. The van der Waals surface area contributed by atoms with Crippen LogP contribution in [0.5, 0.6) is 0 Å². The molecule has 0 bridgehead atoms. The highest BCUT2D eigenvalue weighted by Gasteiger charge is 2.21. The third-order valence-corrected chi connectivity index (χ3v) is 4.91. The number of benzene rings is 1. The Balaban J connectivity index is 1.94. The number of aromatic nitrogens is 1. The zero-order valence-electron chi connectivity index (χ0n) is 17.0. The van der Waals surface area contributed by atoms with Gasteiger partial charge in [0.05, 0.1) is 12.2 Å². The molecule has 1 aromatic heterocycles. The molecule has 0 atom stereocenters. The molecule has 0 spiro atoms. The van der Waals surface area contributed by atoms with E-state index in [0.29, 0.717) is 16.3 Å². The van der Waals surface area contributed by atoms with E-state index in [1.807, 2.05) is 20.8 Å². The summed E-state index contributed by atoms with van der Waals surface area (Å²) < 4.78 is 18.2. The molecule has 0 fully saturated rings. The fourth-order valence-corrected chi connectivity index (χ4v) is 3.33. The summed E-state index contributed by atoms with van der Waals surface area (Å²) in [5.41, 5.74) is 0.739. The van der Waals surface area contributed by atoms with Gasteiger partial charge >= 0.3 is 5.97 Å². The number of halogens is 1. The number of amides is 2. The first-order valence-corrected chi connectivity index (χ1v) is 9.73. The number of carbonyl (C=O) groups excluding carboxylic acids is 3. The highest BCUT2D eigenvalue weighted by Crippen LogP contribution is 2.28. The van der Waals surface area contributed by atoms with Gasteiger partial charge in [-0.3, -0.25) is 9.59 Å². The molecule has 29 heavy (non-hydrogen) atoms. The topological polar surface area (TPSA) is 88.6 Å². The first-order chi connectivity index (χ1) is 13.5. The second-order valence-electron chi connectivity index (χ2n) is 7.56. The van der Waals surface area contributed by atoms with Crippen LogP contribution in [-0.2, 0) is 14.3 Å². The number of likely N-dealkylation sites (N-methyl/N-ethyl adjacent to an activating group) is 1. The van der Waals surface area contributed by atoms with E-state index in [-0.39, 0.29) is 23.1 Å². The van der Waals surface area contributed by atoms with Gasteiger partial charge in [-0.25, -0.2) is 14.2 Å². The Bertz CT molecular complexity index is 903. The molecule has 2 rings (SSSR count). The van der Waals surface area contributed by atoms with E-state index in [1.165, 1.54) is 24.1 Å². The molecule has 1 N–H and O–H groups in total. The Morgan fingerprint density at radius 2 is 1.83 bits per heavy atom. The first kappa shape index (κ1) is 22.5. The lowest BCUT2D eigenvalue weighted by atomic mass is 10.1. The average Bonchev–Trinajstić information content (AvgIpc) is 3.00. The number of hydrogen-bond donors (Lipinski definition) is 1. The minimum absolute atomic E-state index is 0.137. The SMILES string of the molecule is Cc1nc(-c2ccc(F)cc2)sc1C(=O)OCC(=O)N(C)CC(=O)NC(C)(C)C. The normalized spacial score (nSPS) is 11.1. The molecule has 0 aliphatic carbocycles. The third-order valence-electron chi connectivity index (χ3n) is 3.72. The van der Waals surface area contributed by atoms with Crippen LogP contribution in [0, 0.1) is 12.7 Å². The van der Waals surface area contributed by atoms with Crippen LogP contribution in [0.4, 0.5) is 4.39 Å². The highest BCUT2D eigenvalue weighted by molar-refractivity contribution is 7.17. The summed E-state index contributed by atoms with van der Waals surface area (Å²) in [6.07, 6.45) is 0. The highest BCUT2D eigenvalue weighted by atomic mass is 32.1. The number of esters is 1. The molecule has 9 heteroatoms. The third kappa shape index (κ3) is 6.63. The summed E-state index contributed by atoms with van der Waals surface area (Å²) in [4.78, 5) is 42.2. The zero-order valence-corrected chi connectivity index (χ0v) is 17.9. The number of rotatable bonds is 6. The Hall–Kier alpha value is -2.81. The smallest absolute Gasteiger partial charge is 0.350 e. The van der Waals surface area contributed by atoms with Gasteiger partial charge in [0.15, 0.2) is 6.61 Å². The van der Waals surface area contributed by atoms with E-state index < -0.39 is 24.0 Å². The summed E-state index contributed by atoms with van der Waals surface area (Å²) in [5.74, 6) is -1.83. The standard InChI is InChI=1S/C20H24FN3O4S/c1-12-17(29-18(22-12)13-6-8-14(21)9-7-13)19(27)28-11-16(26)24(5)10-15(25)23-20(2,3)4/h6-9H,10-11H2,1-5H3,(H,23,25). The van der Waals surface area contributed by atoms with Crippen LogP contribution in [-0.4, -0.2) is 53.4 Å². The molecule has 0 saturated carbocycles. The van der Waals surface area contributed by atoms with Crippen LogP contribution in [0.15, 0.2) is 24.3 Å². The van der Waals surface area contributed by atoms with Crippen molar-refractivity contribution >= 4 is 29.1 Å². The fourth-order valence-electron chi connectivity index (χ4n) is 2.37. The maximum absolute atomic E-state index is 13.1. The lowest BCUT2D eigenvalue weighted by Crippen LogP contribution is -2.46. The summed E-state index contributed by atoms with van der Waals surface area (Å²) in [6, 6.07) is 5.77. The van der Waals surface area contributed by atoms with E-state index in [4.69, 9.17) is 4.74 Å². The van der Waals surface area contributed by atoms with E-state index in [1.54, 1.807) is 19.1 Å². The Morgan fingerprint density at radius 3 is 2.41 bits per heavy atom. The van der Waals surface area contributed by atoms with Gasteiger partial charge < -0.3 is 15.0 Å². The van der Waals surface area contributed by atoms with Crippen molar-refractivity contribution in [2.45, 2.75) is 33.2 Å². The summed E-state index contributed by atoms with van der Waals surface area (Å²) in [7, 11) is 1.46. The van der Waals surface area contributed by atoms with Gasteiger partial charge in [0.25, 0.3) is 5.91 Å². The molecule has 0 aliphatic rings. The van der Waals surface area contributed by atoms with Crippen molar-refractivity contribution < 1.29 is 23.5 Å². The van der Waals surface area contributed by atoms with Gasteiger partial charge in [-0.2, -0.15) is 0 Å². The van der Waals surface area contributed by atoms with Gasteiger partial charge in [-0.05, 0) is 52.0 Å². The van der Waals surface area contributed by atoms with Crippen LogP contribution in [0.25, 0.3) is 10.6 Å². The van der Waals surface area contributed by atoms with E-state index >= 15 is 0 Å². The quantitative estimate of drug-likeness (QED) is 0.725. The number of hydrogen-bond acceptors (Lipinski definition) is 6. The van der Waals surface area contributed by atoms with E-state index in [9.17, 15) is 18.8 Å². The maximum Gasteiger partial charge on any atom is 0.350 e. The number of nitrogens with one attached hydrogen (secondary N) is 1. The van der Waals surface area contributed by atoms with Crippen LogP contribution in [0.1, 0.15) is 36.1 Å². The van der Waals surface area contributed by atoms with Gasteiger partial charge in [-0.15, -0.1) is 11.3 Å². The Labute approximate surface area is 172 Å². The molecule has 1 aromatic carbocycles. The monoisotopic (exact) mass is 421 g/mol. The van der Waals surface area contributed by atoms with Crippen LogP contribution in [0.3, 0.4) is 0 Å². The molecule has 2 aromatic rings. The lowest BCUT2D eigenvalue weighted by molar-refractivity contribution is -0.137. The summed E-state index contributed by atoms with van der Waals surface area (Å²) in [6.45, 7) is 6.55. The van der Waals surface area contributed by atoms with Crippen molar-refractivity contribution in [3.63, 3.8) is 0 Å². The van der Waals surface area contributed by atoms with Crippen molar-refractivity contribution in [1.29, 1.82) is 0 Å². The fraction of sp³-hybridized carbons (Fsp3) is 0.400. The molecule has 0 aliphatic heterocycles. The molecule has 2 amide bonds. The van der Waals surface area contributed by atoms with Gasteiger partial charge in [0.1, 0.15) is 15.7 Å². The van der Waals surface area contributed by atoms with Crippen LogP contribution >= 0.6 is 11.3 Å². The molecule has 7 nitrogen and oxygen atoms in total. The average molecular weight is 421 g/mol.